The normalized spacial score (nSPS) is 15.3. The van der Waals surface area contributed by atoms with Crippen molar-refractivity contribution in [2.45, 2.75) is 32.0 Å². The van der Waals surface area contributed by atoms with Gasteiger partial charge in [0.2, 0.25) is 0 Å². The Morgan fingerprint density at radius 3 is 1.87 bits per heavy atom. The van der Waals surface area contributed by atoms with Gasteiger partial charge in [0.25, 0.3) is 0 Å². The van der Waals surface area contributed by atoms with Gasteiger partial charge in [0.05, 0.1) is 6.61 Å². The lowest BCUT2D eigenvalue weighted by molar-refractivity contribution is -0.0152. The molecule has 0 bridgehead atoms. The lowest BCUT2D eigenvalue weighted by Crippen LogP contribution is -2.21. The molecule has 0 aliphatic carbocycles. The van der Waals surface area contributed by atoms with Gasteiger partial charge in [0, 0.05) is 0 Å². The second-order valence-electron chi connectivity index (χ2n) is 4.02. The first-order valence-electron chi connectivity index (χ1n) is 5.13. The zero-order chi connectivity index (χ0) is 11.4. The number of aliphatic hydroxyl groups is 3. The van der Waals surface area contributed by atoms with Crippen LogP contribution in [0.2, 0.25) is 0 Å². The fourth-order valence-electron chi connectivity index (χ4n) is 1.40. The lowest BCUT2D eigenvalue weighted by atomic mass is 9.98. The Hall–Kier alpha value is -0.900. The Bertz CT molecular complexity index is 292. The van der Waals surface area contributed by atoms with E-state index in [9.17, 15) is 10.2 Å². The van der Waals surface area contributed by atoms with E-state index in [1.807, 2.05) is 12.1 Å². The SMILES string of the molecule is CC(C)c1ccc(C(O)C(O)CO)cc1. The molecule has 1 aromatic carbocycles. The van der Waals surface area contributed by atoms with Gasteiger partial charge in [-0.05, 0) is 17.0 Å². The monoisotopic (exact) mass is 210 g/mol. The van der Waals surface area contributed by atoms with Crippen LogP contribution in [0.5, 0.6) is 0 Å². The highest BCUT2D eigenvalue weighted by molar-refractivity contribution is 5.26. The fourth-order valence-corrected chi connectivity index (χ4v) is 1.40. The predicted molar refractivity (Wildman–Crippen MR) is 58.6 cm³/mol. The number of hydrogen-bond donors (Lipinski definition) is 3. The van der Waals surface area contributed by atoms with E-state index in [-0.39, 0.29) is 0 Å². The molecular weight excluding hydrogens is 192 g/mol. The highest BCUT2D eigenvalue weighted by atomic mass is 16.4. The van der Waals surface area contributed by atoms with Gasteiger partial charge in [-0.1, -0.05) is 38.1 Å². The van der Waals surface area contributed by atoms with Gasteiger partial charge >= 0.3 is 0 Å². The number of benzene rings is 1. The Balaban J connectivity index is 2.79. The Morgan fingerprint density at radius 2 is 1.47 bits per heavy atom. The van der Waals surface area contributed by atoms with Gasteiger partial charge < -0.3 is 15.3 Å². The van der Waals surface area contributed by atoms with Gasteiger partial charge in [-0.2, -0.15) is 0 Å². The van der Waals surface area contributed by atoms with Crippen LogP contribution in [0.25, 0.3) is 0 Å². The van der Waals surface area contributed by atoms with Crippen LogP contribution in [0, 0.1) is 0 Å². The molecule has 2 atom stereocenters. The minimum absolute atomic E-state index is 0.437. The first-order chi connectivity index (χ1) is 7.06. The van der Waals surface area contributed by atoms with E-state index in [1.54, 1.807) is 12.1 Å². The summed E-state index contributed by atoms with van der Waals surface area (Å²) in [4.78, 5) is 0. The molecule has 2 unspecified atom stereocenters. The molecule has 0 aliphatic rings. The van der Waals surface area contributed by atoms with Crippen LogP contribution in [0.15, 0.2) is 24.3 Å². The molecule has 0 fully saturated rings. The number of aliphatic hydroxyl groups excluding tert-OH is 3. The standard InChI is InChI=1S/C12H18O3/c1-8(2)9-3-5-10(6-4-9)12(15)11(14)7-13/h3-6,8,11-15H,7H2,1-2H3. The zero-order valence-electron chi connectivity index (χ0n) is 9.09. The highest BCUT2D eigenvalue weighted by Crippen LogP contribution is 2.20. The predicted octanol–water partition coefficient (Wildman–Crippen LogP) is 1.20. The van der Waals surface area contributed by atoms with E-state index in [2.05, 4.69) is 13.8 Å². The third-order valence-electron chi connectivity index (χ3n) is 2.50. The van der Waals surface area contributed by atoms with Crippen molar-refractivity contribution in [1.29, 1.82) is 0 Å². The molecule has 1 rings (SSSR count). The van der Waals surface area contributed by atoms with Crippen LogP contribution in [0.1, 0.15) is 37.0 Å². The summed E-state index contributed by atoms with van der Waals surface area (Å²) in [7, 11) is 0. The molecular formula is C12H18O3. The maximum absolute atomic E-state index is 9.61. The molecule has 3 N–H and O–H groups in total. The maximum atomic E-state index is 9.61. The van der Waals surface area contributed by atoms with Crippen LogP contribution in [-0.4, -0.2) is 28.0 Å². The summed E-state index contributed by atoms with van der Waals surface area (Å²) >= 11 is 0. The molecule has 0 saturated heterocycles. The molecule has 0 saturated carbocycles. The Labute approximate surface area is 90.0 Å². The van der Waals surface area contributed by atoms with Crippen molar-refractivity contribution in [3.05, 3.63) is 35.4 Å². The largest absolute Gasteiger partial charge is 0.394 e. The van der Waals surface area contributed by atoms with Crippen molar-refractivity contribution in [2.75, 3.05) is 6.61 Å². The third-order valence-corrected chi connectivity index (χ3v) is 2.50. The van der Waals surface area contributed by atoms with E-state index in [0.717, 1.165) is 0 Å². The minimum Gasteiger partial charge on any atom is -0.394 e. The van der Waals surface area contributed by atoms with E-state index in [1.165, 1.54) is 5.56 Å². The Morgan fingerprint density at radius 1 is 1.00 bits per heavy atom. The van der Waals surface area contributed by atoms with Crippen molar-refractivity contribution >= 4 is 0 Å². The van der Waals surface area contributed by atoms with Crippen molar-refractivity contribution < 1.29 is 15.3 Å². The van der Waals surface area contributed by atoms with E-state index < -0.39 is 18.8 Å². The summed E-state index contributed by atoms with van der Waals surface area (Å²) in [5, 5.41) is 27.6. The average molecular weight is 210 g/mol. The minimum atomic E-state index is -1.12. The molecule has 15 heavy (non-hydrogen) atoms. The summed E-state index contributed by atoms with van der Waals surface area (Å²) in [5.74, 6) is 0.443. The van der Waals surface area contributed by atoms with Crippen LogP contribution >= 0.6 is 0 Å². The van der Waals surface area contributed by atoms with Gasteiger partial charge in [-0.25, -0.2) is 0 Å². The van der Waals surface area contributed by atoms with Crippen molar-refractivity contribution in [1.82, 2.24) is 0 Å². The number of hydrogen-bond acceptors (Lipinski definition) is 3. The van der Waals surface area contributed by atoms with Gasteiger partial charge in [-0.15, -0.1) is 0 Å². The summed E-state index contributed by atoms with van der Waals surface area (Å²) in [5.41, 5.74) is 1.81. The zero-order valence-corrected chi connectivity index (χ0v) is 9.09. The van der Waals surface area contributed by atoms with Gasteiger partial charge in [0.15, 0.2) is 0 Å². The molecule has 3 heteroatoms. The summed E-state index contributed by atoms with van der Waals surface area (Å²) in [6.45, 7) is 3.75. The molecule has 0 spiro atoms. The molecule has 84 valence electrons. The molecule has 0 aromatic heterocycles. The average Bonchev–Trinajstić information content (AvgIpc) is 2.27. The maximum Gasteiger partial charge on any atom is 0.107 e. The molecule has 1 aromatic rings. The molecule has 0 aliphatic heterocycles. The van der Waals surface area contributed by atoms with Gasteiger partial charge in [0.1, 0.15) is 12.2 Å². The van der Waals surface area contributed by atoms with Crippen molar-refractivity contribution in [3.63, 3.8) is 0 Å². The lowest BCUT2D eigenvalue weighted by Gasteiger charge is -2.16. The van der Waals surface area contributed by atoms with Crippen LogP contribution in [0.4, 0.5) is 0 Å². The van der Waals surface area contributed by atoms with Crippen LogP contribution < -0.4 is 0 Å². The van der Waals surface area contributed by atoms with E-state index >= 15 is 0 Å². The topological polar surface area (TPSA) is 60.7 Å². The quantitative estimate of drug-likeness (QED) is 0.699. The van der Waals surface area contributed by atoms with Crippen molar-refractivity contribution in [3.8, 4) is 0 Å². The summed E-state index contributed by atoms with van der Waals surface area (Å²) in [6, 6.07) is 7.40. The van der Waals surface area contributed by atoms with E-state index in [4.69, 9.17) is 5.11 Å². The first kappa shape index (κ1) is 12.2. The summed E-state index contributed by atoms with van der Waals surface area (Å²) in [6.07, 6.45) is -2.13. The van der Waals surface area contributed by atoms with Gasteiger partial charge in [-0.3, -0.25) is 0 Å². The van der Waals surface area contributed by atoms with Crippen molar-refractivity contribution in [2.24, 2.45) is 0 Å². The smallest absolute Gasteiger partial charge is 0.107 e. The molecule has 0 amide bonds. The summed E-state index contributed by atoms with van der Waals surface area (Å²) < 4.78 is 0. The second kappa shape index (κ2) is 5.26. The molecule has 0 heterocycles. The highest BCUT2D eigenvalue weighted by Gasteiger charge is 2.16. The molecule has 3 nitrogen and oxygen atoms in total. The van der Waals surface area contributed by atoms with Crippen LogP contribution in [0.3, 0.4) is 0 Å². The first-order valence-corrected chi connectivity index (χ1v) is 5.13. The Kier molecular flexibility index (Phi) is 4.27. The third kappa shape index (κ3) is 3.02. The molecule has 0 radical (unpaired) electrons. The van der Waals surface area contributed by atoms with E-state index in [0.29, 0.717) is 11.5 Å². The second-order valence-corrected chi connectivity index (χ2v) is 4.02. The number of rotatable bonds is 4. The fraction of sp³-hybridized carbons (Fsp3) is 0.500. The van der Waals surface area contributed by atoms with Crippen LogP contribution in [-0.2, 0) is 0 Å².